The van der Waals surface area contributed by atoms with Gasteiger partial charge in [-0.3, -0.25) is 0 Å². The molecule has 56 valence electrons. The number of hydrogen-bond acceptors (Lipinski definition) is 3. The average molecular weight is 164 g/mol. The zero-order chi connectivity index (χ0) is 8.27. The van der Waals surface area contributed by atoms with Crippen LogP contribution in [0.25, 0.3) is 0 Å². The molecule has 0 atom stereocenters. The minimum atomic E-state index is 0.765. The molecule has 0 unspecified atom stereocenters. The van der Waals surface area contributed by atoms with Crippen LogP contribution in [0.2, 0.25) is 0 Å². The first-order valence-electron chi connectivity index (χ1n) is 3.12. The van der Waals surface area contributed by atoms with Crippen molar-refractivity contribution in [2.24, 2.45) is 0 Å². The molecule has 0 saturated carbocycles. The van der Waals surface area contributed by atoms with Crippen molar-refractivity contribution in [2.75, 3.05) is 6.26 Å². The Labute approximate surface area is 70.5 Å². The van der Waals surface area contributed by atoms with E-state index in [1.807, 2.05) is 13.2 Å². The van der Waals surface area contributed by atoms with E-state index in [2.05, 4.69) is 15.9 Å². The molecule has 0 amide bonds. The summed E-state index contributed by atoms with van der Waals surface area (Å²) in [6, 6.07) is 0. The topological polar surface area (TPSA) is 25.8 Å². The van der Waals surface area contributed by atoms with Crippen LogP contribution in [-0.2, 0) is 0 Å². The zero-order valence-electron chi connectivity index (χ0n) is 6.46. The average Bonchev–Trinajstić information content (AvgIpc) is 2.04. The van der Waals surface area contributed by atoms with E-state index >= 15 is 0 Å². The molecule has 0 bridgehead atoms. The van der Waals surface area contributed by atoms with Gasteiger partial charge in [0.2, 0.25) is 0 Å². The number of thioether (sulfide) groups is 1. The van der Waals surface area contributed by atoms with Gasteiger partial charge < -0.3 is 0 Å². The Bertz CT molecular complexity index is 301. The highest BCUT2D eigenvalue weighted by Crippen LogP contribution is 2.09. The number of aromatic nitrogens is 2. The quantitative estimate of drug-likeness (QED) is 0.357. The molecular formula is C8H8N2S. The summed E-state index contributed by atoms with van der Waals surface area (Å²) < 4.78 is 0. The molecule has 0 radical (unpaired) electrons. The molecule has 0 aromatic carbocycles. The first-order chi connectivity index (χ1) is 5.27. The third-order valence-corrected chi connectivity index (χ3v) is 1.86. The zero-order valence-corrected chi connectivity index (χ0v) is 7.27. The van der Waals surface area contributed by atoms with Crippen molar-refractivity contribution in [3.63, 3.8) is 0 Å². The maximum atomic E-state index is 5.21. The van der Waals surface area contributed by atoms with Gasteiger partial charge in [-0.2, -0.15) is 0 Å². The summed E-state index contributed by atoms with van der Waals surface area (Å²) in [5.74, 6) is 2.51. The van der Waals surface area contributed by atoms with E-state index in [4.69, 9.17) is 6.42 Å². The number of rotatable bonds is 1. The van der Waals surface area contributed by atoms with Crippen molar-refractivity contribution in [3.05, 3.63) is 17.5 Å². The van der Waals surface area contributed by atoms with Crippen LogP contribution in [0.3, 0.4) is 0 Å². The second kappa shape index (κ2) is 3.40. The summed E-state index contributed by atoms with van der Waals surface area (Å²) in [5, 5.41) is 0.765. The lowest BCUT2D eigenvalue weighted by molar-refractivity contribution is 0.928. The lowest BCUT2D eigenvalue weighted by atomic mass is 10.3. The van der Waals surface area contributed by atoms with Crippen LogP contribution < -0.4 is 0 Å². The van der Waals surface area contributed by atoms with Crippen molar-refractivity contribution >= 4 is 11.8 Å². The molecule has 0 spiro atoms. The predicted molar refractivity (Wildman–Crippen MR) is 46.5 cm³/mol. The fourth-order valence-corrected chi connectivity index (χ4v) is 1.07. The van der Waals surface area contributed by atoms with Gasteiger partial charge in [0.05, 0.1) is 11.3 Å². The first kappa shape index (κ1) is 8.09. The third kappa shape index (κ3) is 1.72. The molecule has 2 nitrogen and oxygen atoms in total. The molecule has 0 aliphatic carbocycles. The van der Waals surface area contributed by atoms with E-state index in [1.54, 1.807) is 6.20 Å². The Balaban J connectivity index is 3.12. The minimum absolute atomic E-state index is 0.765. The van der Waals surface area contributed by atoms with Gasteiger partial charge in [0, 0.05) is 6.20 Å². The summed E-state index contributed by atoms with van der Waals surface area (Å²) in [7, 11) is 0. The molecule has 0 aliphatic heterocycles. The second-order valence-electron chi connectivity index (χ2n) is 2.00. The van der Waals surface area contributed by atoms with Gasteiger partial charge in [-0.1, -0.05) is 17.7 Å². The fraction of sp³-hybridized carbons (Fsp3) is 0.250. The maximum Gasteiger partial charge on any atom is 0.187 e. The molecule has 1 rings (SSSR count). The fourth-order valence-electron chi connectivity index (χ4n) is 0.686. The summed E-state index contributed by atoms with van der Waals surface area (Å²) in [5.41, 5.74) is 1.63. The standard InChI is InChI=1S/C8H8N2S/c1-4-7-5-9-8(11-3)10-6(7)2/h1,5H,2-3H3. The van der Waals surface area contributed by atoms with Crippen LogP contribution in [-0.4, -0.2) is 16.2 Å². The molecule has 1 heterocycles. The molecule has 0 fully saturated rings. The Morgan fingerprint density at radius 3 is 2.82 bits per heavy atom. The first-order valence-corrected chi connectivity index (χ1v) is 4.34. The van der Waals surface area contributed by atoms with Gasteiger partial charge >= 0.3 is 0 Å². The van der Waals surface area contributed by atoms with Crippen LogP contribution in [0.15, 0.2) is 11.4 Å². The van der Waals surface area contributed by atoms with Crippen LogP contribution in [0, 0.1) is 19.3 Å². The summed E-state index contributed by atoms with van der Waals surface area (Å²) in [6.45, 7) is 1.89. The van der Waals surface area contributed by atoms with Crippen molar-refractivity contribution in [3.8, 4) is 12.3 Å². The molecule has 0 saturated heterocycles. The summed E-state index contributed by atoms with van der Waals surface area (Å²) >= 11 is 1.51. The van der Waals surface area contributed by atoms with E-state index in [-0.39, 0.29) is 0 Å². The Morgan fingerprint density at radius 2 is 2.36 bits per heavy atom. The second-order valence-corrected chi connectivity index (χ2v) is 2.77. The van der Waals surface area contributed by atoms with E-state index in [1.165, 1.54) is 11.8 Å². The Hall–Kier alpha value is -1.01. The summed E-state index contributed by atoms with van der Waals surface area (Å²) in [6.07, 6.45) is 8.81. The Morgan fingerprint density at radius 1 is 1.64 bits per heavy atom. The lowest BCUT2D eigenvalue weighted by Gasteiger charge is -1.97. The summed E-state index contributed by atoms with van der Waals surface area (Å²) in [4.78, 5) is 8.21. The molecular weight excluding hydrogens is 156 g/mol. The van der Waals surface area contributed by atoms with Crippen LogP contribution in [0.4, 0.5) is 0 Å². The van der Waals surface area contributed by atoms with E-state index in [0.29, 0.717) is 0 Å². The maximum absolute atomic E-state index is 5.21. The molecule has 11 heavy (non-hydrogen) atoms. The number of hydrogen-bond donors (Lipinski definition) is 0. The predicted octanol–water partition coefficient (Wildman–Crippen LogP) is 1.49. The van der Waals surface area contributed by atoms with Crippen molar-refractivity contribution in [2.45, 2.75) is 12.1 Å². The van der Waals surface area contributed by atoms with Gasteiger partial charge in [0.1, 0.15) is 0 Å². The van der Waals surface area contributed by atoms with Crippen LogP contribution >= 0.6 is 11.8 Å². The van der Waals surface area contributed by atoms with Gasteiger partial charge in [0.15, 0.2) is 5.16 Å². The van der Waals surface area contributed by atoms with Gasteiger partial charge in [-0.25, -0.2) is 9.97 Å². The van der Waals surface area contributed by atoms with Gasteiger partial charge in [-0.15, -0.1) is 6.42 Å². The van der Waals surface area contributed by atoms with Crippen molar-refractivity contribution < 1.29 is 0 Å². The molecule has 1 aromatic heterocycles. The highest BCUT2D eigenvalue weighted by Gasteiger charge is 1.98. The van der Waals surface area contributed by atoms with E-state index in [0.717, 1.165) is 16.4 Å². The third-order valence-electron chi connectivity index (χ3n) is 1.30. The molecule has 0 aliphatic rings. The highest BCUT2D eigenvalue weighted by molar-refractivity contribution is 7.98. The largest absolute Gasteiger partial charge is 0.230 e. The molecule has 0 N–H and O–H groups in total. The lowest BCUT2D eigenvalue weighted by Crippen LogP contribution is -1.92. The van der Waals surface area contributed by atoms with Crippen molar-refractivity contribution in [1.29, 1.82) is 0 Å². The minimum Gasteiger partial charge on any atom is -0.230 e. The van der Waals surface area contributed by atoms with Crippen molar-refractivity contribution in [1.82, 2.24) is 9.97 Å². The smallest absolute Gasteiger partial charge is 0.187 e. The normalized spacial score (nSPS) is 9.18. The number of terminal acetylenes is 1. The van der Waals surface area contributed by atoms with Crippen LogP contribution in [0.1, 0.15) is 11.3 Å². The number of nitrogens with zero attached hydrogens (tertiary/aromatic N) is 2. The SMILES string of the molecule is C#Cc1cnc(SC)nc1C. The molecule has 3 heteroatoms. The van der Waals surface area contributed by atoms with E-state index < -0.39 is 0 Å². The Kier molecular flexibility index (Phi) is 2.50. The van der Waals surface area contributed by atoms with E-state index in [9.17, 15) is 0 Å². The number of aryl methyl sites for hydroxylation is 1. The highest BCUT2D eigenvalue weighted by atomic mass is 32.2. The molecule has 1 aromatic rings. The monoisotopic (exact) mass is 164 g/mol. The van der Waals surface area contributed by atoms with Gasteiger partial charge in [0.25, 0.3) is 0 Å². The van der Waals surface area contributed by atoms with Crippen LogP contribution in [0.5, 0.6) is 0 Å². The van der Waals surface area contributed by atoms with Gasteiger partial charge in [-0.05, 0) is 13.2 Å².